The fourth-order valence-electron chi connectivity index (χ4n) is 1.57. The van der Waals surface area contributed by atoms with Gasteiger partial charge in [-0.15, -0.1) is 0 Å². The Hall–Kier alpha value is -0.670. The molecule has 1 fully saturated rings. The van der Waals surface area contributed by atoms with Gasteiger partial charge in [0, 0.05) is 12.8 Å². The zero-order valence-corrected chi connectivity index (χ0v) is 6.12. The van der Waals surface area contributed by atoms with E-state index < -0.39 is 5.60 Å². The quantitative estimate of drug-likeness (QED) is 0.535. The van der Waals surface area contributed by atoms with E-state index in [-0.39, 0.29) is 11.9 Å². The summed E-state index contributed by atoms with van der Waals surface area (Å²) in [5.41, 5.74) is -1.11. The fraction of sp³-hybridized carbons (Fsp3) is 0.625. The average molecular weight is 154 g/mol. The highest BCUT2D eigenvalue weighted by Crippen LogP contribution is 2.30. The highest BCUT2D eigenvalue weighted by atomic mass is 16.5. The first-order valence-electron chi connectivity index (χ1n) is 3.77. The fourth-order valence-corrected chi connectivity index (χ4v) is 1.57. The van der Waals surface area contributed by atoms with Gasteiger partial charge in [-0.2, -0.15) is 0 Å². The maximum absolute atomic E-state index is 11.1. The minimum Gasteiger partial charge on any atom is -0.382 e. The smallest absolute Gasteiger partial charge is 0.187 e. The Balaban J connectivity index is 2.32. The lowest BCUT2D eigenvalue weighted by atomic mass is 9.82. The SMILES string of the molecule is O=C1C=CC2CC1(O)CCO2. The maximum Gasteiger partial charge on any atom is 0.187 e. The molecule has 1 aliphatic heterocycles. The van der Waals surface area contributed by atoms with Gasteiger partial charge in [0.1, 0.15) is 5.60 Å². The van der Waals surface area contributed by atoms with Crippen molar-refractivity contribution in [3.05, 3.63) is 12.2 Å². The minimum absolute atomic E-state index is 0.0496. The highest BCUT2D eigenvalue weighted by Gasteiger charge is 2.41. The van der Waals surface area contributed by atoms with Crippen LogP contribution < -0.4 is 0 Å². The molecule has 3 nitrogen and oxygen atoms in total. The first kappa shape index (κ1) is 7.00. The second-order valence-electron chi connectivity index (χ2n) is 3.12. The second-order valence-corrected chi connectivity index (χ2v) is 3.12. The molecule has 0 saturated carbocycles. The molecule has 0 aromatic rings. The molecule has 1 heterocycles. The number of carbonyl (C=O) groups is 1. The predicted molar refractivity (Wildman–Crippen MR) is 38.1 cm³/mol. The van der Waals surface area contributed by atoms with E-state index in [9.17, 15) is 9.90 Å². The van der Waals surface area contributed by atoms with Crippen LogP contribution in [0.25, 0.3) is 0 Å². The normalized spacial score (nSPS) is 42.6. The van der Waals surface area contributed by atoms with E-state index in [0.29, 0.717) is 19.4 Å². The summed E-state index contributed by atoms with van der Waals surface area (Å²) in [6, 6.07) is 0. The molecule has 0 aromatic carbocycles. The molecule has 0 amide bonds. The van der Waals surface area contributed by atoms with E-state index in [1.807, 2.05) is 0 Å². The van der Waals surface area contributed by atoms with E-state index in [2.05, 4.69) is 0 Å². The Morgan fingerprint density at radius 1 is 1.73 bits per heavy atom. The molecule has 0 radical (unpaired) electrons. The third kappa shape index (κ3) is 1.01. The molecule has 60 valence electrons. The average Bonchev–Trinajstić information content (AvgIpc) is 1.98. The zero-order chi connectivity index (χ0) is 7.90. The van der Waals surface area contributed by atoms with Gasteiger partial charge in [-0.3, -0.25) is 4.79 Å². The summed E-state index contributed by atoms with van der Waals surface area (Å²) in [6.45, 7) is 0.483. The molecule has 3 heteroatoms. The molecule has 2 aliphatic rings. The van der Waals surface area contributed by atoms with Crippen molar-refractivity contribution >= 4 is 5.78 Å². The van der Waals surface area contributed by atoms with Gasteiger partial charge in [-0.1, -0.05) is 6.08 Å². The molecule has 1 saturated heterocycles. The van der Waals surface area contributed by atoms with Gasteiger partial charge in [0.2, 0.25) is 0 Å². The van der Waals surface area contributed by atoms with Crippen LogP contribution in [-0.2, 0) is 9.53 Å². The number of hydrogen-bond donors (Lipinski definition) is 1. The van der Waals surface area contributed by atoms with E-state index in [0.717, 1.165) is 0 Å². The largest absolute Gasteiger partial charge is 0.382 e. The number of carbonyl (C=O) groups excluding carboxylic acids is 1. The highest BCUT2D eigenvalue weighted by molar-refractivity contribution is 5.97. The van der Waals surface area contributed by atoms with E-state index in [1.54, 1.807) is 6.08 Å². The van der Waals surface area contributed by atoms with E-state index in [1.165, 1.54) is 6.08 Å². The van der Waals surface area contributed by atoms with Crippen molar-refractivity contribution in [3.8, 4) is 0 Å². The van der Waals surface area contributed by atoms with Crippen molar-refractivity contribution in [2.45, 2.75) is 24.5 Å². The van der Waals surface area contributed by atoms with Crippen molar-refractivity contribution in [2.75, 3.05) is 6.61 Å². The molecule has 2 unspecified atom stereocenters. The summed E-state index contributed by atoms with van der Waals surface area (Å²) in [5.74, 6) is -0.169. The molecule has 11 heavy (non-hydrogen) atoms. The van der Waals surface area contributed by atoms with Crippen LogP contribution in [0.5, 0.6) is 0 Å². The number of hydrogen-bond acceptors (Lipinski definition) is 3. The molecule has 1 N–H and O–H groups in total. The van der Waals surface area contributed by atoms with Crippen LogP contribution in [-0.4, -0.2) is 29.2 Å². The van der Waals surface area contributed by atoms with Crippen LogP contribution in [0.3, 0.4) is 0 Å². The lowest BCUT2D eigenvalue weighted by molar-refractivity contribution is -0.148. The van der Waals surface area contributed by atoms with Gasteiger partial charge in [-0.05, 0) is 6.08 Å². The number of aliphatic hydroxyl groups is 1. The van der Waals surface area contributed by atoms with Gasteiger partial charge >= 0.3 is 0 Å². The molecular formula is C8H10O3. The van der Waals surface area contributed by atoms with Crippen LogP contribution in [0.15, 0.2) is 12.2 Å². The number of ketones is 1. The summed E-state index contributed by atoms with van der Waals surface area (Å²) in [6.07, 6.45) is 3.96. The maximum atomic E-state index is 11.1. The predicted octanol–water partition coefficient (Wildman–Crippen LogP) is 0.0354. The Labute approximate surface area is 64.7 Å². The zero-order valence-electron chi connectivity index (χ0n) is 6.12. The molecule has 0 spiro atoms. The summed E-state index contributed by atoms with van der Waals surface area (Å²) in [4.78, 5) is 11.1. The van der Waals surface area contributed by atoms with Gasteiger partial charge in [0.05, 0.1) is 12.7 Å². The summed E-state index contributed by atoms with van der Waals surface area (Å²) < 4.78 is 5.26. The van der Waals surface area contributed by atoms with Gasteiger partial charge in [0.25, 0.3) is 0 Å². The third-order valence-corrected chi connectivity index (χ3v) is 2.31. The molecule has 2 atom stereocenters. The monoisotopic (exact) mass is 154 g/mol. The molecule has 0 aromatic heterocycles. The summed E-state index contributed by atoms with van der Waals surface area (Å²) in [7, 11) is 0. The Morgan fingerprint density at radius 3 is 3.27 bits per heavy atom. The van der Waals surface area contributed by atoms with Crippen molar-refractivity contribution in [1.29, 1.82) is 0 Å². The first-order valence-corrected chi connectivity index (χ1v) is 3.77. The van der Waals surface area contributed by atoms with Crippen molar-refractivity contribution in [2.24, 2.45) is 0 Å². The van der Waals surface area contributed by atoms with Crippen LogP contribution in [0.4, 0.5) is 0 Å². The topological polar surface area (TPSA) is 46.5 Å². The lowest BCUT2D eigenvalue weighted by Gasteiger charge is -2.36. The standard InChI is InChI=1S/C8H10O3/c9-7-2-1-6-5-8(7,10)3-4-11-6/h1-2,6,10H,3-5H2. The van der Waals surface area contributed by atoms with Crippen LogP contribution in [0, 0.1) is 0 Å². The van der Waals surface area contributed by atoms with Gasteiger partial charge in [0.15, 0.2) is 5.78 Å². The Bertz CT molecular complexity index is 221. The Morgan fingerprint density at radius 2 is 2.55 bits per heavy atom. The van der Waals surface area contributed by atoms with Crippen molar-refractivity contribution in [3.63, 3.8) is 0 Å². The van der Waals surface area contributed by atoms with Crippen LogP contribution in [0.1, 0.15) is 12.8 Å². The lowest BCUT2D eigenvalue weighted by Crippen LogP contribution is -2.48. The van der Waals surface area contributed by atoms with Gasteiger partial charge < -0.3 is 9.84 Å². The number of ether oxygens (including phenoxy) is 1. The van der Waals surface area contributed by atoms with Gasteiger partial charge in [-0.25, -0.2) is 0 Å². The Kier molecular flexibility index (Phi) is 1.37. The molecular weight excluding hydrogens is 144 g/mol. The number of fused-ring (bicyclic) bond motifs is 2. The summed E-state index contributed by atoms with van der Waals surface area (Å²) in [5, 5.41) is 9.69. The molecule has 2 rings (SSSR count). The summed E-state index contributed by atoms with van der Waals surface area (Å²) >= 11 is 0. The van der Waals surface area contributed by atoms with Crippen molar-refractivity contribution < 1.29 is 14.6 Å². The second kappa shape index (κ2) is 2.16. The first-order chi connectivity index (χ1) is 5.21. The third-order valence-electron chi connectivity index (χ3n) is 2.31. The van der Waals surface area contributed by atoms with Crippen LogP contribution >= 0.6 is 0 Å². The van der Waals surface area contributed by atoms with E-state index in [4.69, 9.17) is 4.74 Å². The minimum atomic E-state index is -1.11. The number of rotatable bonds is 0. The molecule has 1 aliphatic carbocycles. The van der Waals surface area contributed by atoms with E-state index >= 15 is 0 Å². The van der Waals surface area contributed by atoms with Crippen LogP contribution in [0.2, 0.25) is 0 Å². The molecule has 2 bridgehead atoms. The van der Waals surface area contributed by atoms with Crippen molar-refractivity contribution in [1.82, 2.24) is 0 Å².